The van der Waals surface area contributed by atoms with Crippen LogP contribution in [0.15, 0.2) is 96.7 Å². The van der Waals surface area contributed by atoms with E-state index < -0.39 is 17.7 Å². The lowest BCUT2D eigenvalue weighted by molar-refractivity contribution is -0.132. The summed E-state index contributed by atoms with van der Waals surface area (Å²) in [6.07, 6.45) is 1.60. The molecule has 0 aliphatic carbocycles. The van der Waals surface area contributed by atoms with Gasteiger partial charge in [0.05, 0.1) is 18.4 Å². The molecule has 1 saturated heterocycles. The van der Waals surface area contributed by atoms with Crippen LogP contribution in [0.3, 0.4) is 0 Å². The highest BCUT2D eigenvalue weighted by atomic mass is 16.5. The van der Waals surface area contributed by atoms with Gasteiger partial charge in [-0.25, -0.2) is 0 Å². The van der Waals surface area contributed by atoms with Gasteiger partial charge in [-0.05, 0) is 79.1 Å². The zero-order chi connectivity index (χ0) is 27.5. The summed E-state index contributed by atoms with van der Waals surface area (Å²) < 4.78 is 11.3. The highest BCUT2D eigenvalue weighted by molar-refractivity contribution is 6.51. The van der Waals surface area contributed by atoms with Gasteiger partial charge in [0.1, 0.15) is 29.9 Å². The molecule has 0 radical (unpaired) electrons. The fourth-order valence-corrected chi connectivity index (χ4v) is 4.77. The smallest absolute Gasteiger partial charge is 0.300 e. The van der Waals surface area contributed by atoms with Crippen molar-refractivity contribution in [3.8, 4) is 11.5 Å². The van der Waals surface area contributed by atoms with Gasteiger partial charge in [0.2, 0.25) is 0 Å². The van der Waals surface area contributed by atoms with Crippen molar-refractivity contribution >= 4 is 23.1 Å². The first-order chi connectivity index (χ1) is 18.9. The van der Waals surface area contributed by atoms with E-state index in [1.165, 1.54) is 4.90 Å². The van der Waals surface area contributed by atoms with E-state index in [1.807, 2.05) is 44.2 Å². The minimum Gasteiger partial charge on any atom is -0.507 e. The van der Waals surface area contributed by atoms with Crippen LogP contribution in [0.5, 0.6) is 11.5 Å². The standard InChI is InChI=1S/C32H28N2O5/c1-20-18-27(38-3)21(2)17-25(20)30(35)28-29(26-11-7-8-16-33-26)34(32(37)31(28)36)23-12-14-24(15-13-23)39-19-22-9-5-4-6-10-22/h4-18,29,35H,19H2,1-3H3/b30-28+. The molecule has 1 aliphatic heterocycles. The van der Waals surface area contributed by atoms with E-state index in [1.54, 1.807) is 67.9 Å². The van der Waals surface area contributed by atoms with Crippen molar-refractivity contribution in [3.05, 3.63) is 125 Å². The monoisotopic (exact) mass is 520 g/mol. The largest absolute Gasteiger partial charge is 0.507 e. The van der Waals surface area contributed by atoms with Gasteiger partial charge in [-0.3, -0.25) is 19.5 Å². The van der Waals surface area contributed by atoms with Crippen LogP contribution in [0.25, 0.3) is 5.76 Å². The summed E-state index contributed by atoms with van der Waals surface area (Å²) in [6.45, 7) is 4.07. The Morgan fingerprint density at radius 3 is 2.31 bits per heavy atom. The molecule has 2 heterocycles. The Kier molecular flexibility index (Phi) is 7.14. The fourth-order valence-electron chi connectivity index (χ4n) is 4.77. The second-order valence-corrected chi connectivity index (χ2v) is 9.33. The number of pyridine rings is 1. The van der Waals surface area contributed by atoms with Crippen molar-refractivity contribution < 1.29 is 24.2 Å². The van der Waals surface area contributed by atoms with Gasteiger partial charge in [0.25, 0.3) is 11.7 Å². The average Bonchev–Trinajstić information content (AvgIpc) is 3.23. The Labute approximate surface area is 227 Å². The van der Waals surface area contributed by atoms with E-state index in [-0.39, 0.29) is 11.3 Å². The van der Waals surface area contributed by atoms with Gasteiger partial charge in [-0.1, -0.05) is 36.4 Å². The molecule has 0 spiro atoms. The minimum absolute atomic E-state index is 0.0178. The molecule has 0 bridgehead atoms. The third kappa shape index (κ3) is 4.99. The normalized spacial score (nSPS) is 16.4. The van der Waals surface area contributed by atoms with Crippen molar-refractivity contribution in [1.29, 1.82) is 0 Å². The fraction of sp³-hybridized carbons (Fsp3) is 0.156. The number of aromatic nitrogens is 1. The predicted molar refractivity (Wildman–Crippen MR) is 149 cm³/mol. The summed E-state index contributed by atoms with van der Waals surface area (Å²) in [5.74, 6) is -0.482. The summed E-state index contributed by atoms with van der Waals surface area (Å²) in [6, 6.07) is 24.7. The number of aliphatic hydroxyl groups excluding tert-OH is 1. The average molecular weight is 521 g/mol. The number of Topliss-reactive ketones (excluding diaryl/α,β-unsaturated/α-hetero) is 1. The number of rotatable bonds is 7. The predicted octanol–water partition coefficient (Wildman–Crippen LogP) is 5.91. The number of amides is 1. The van der Waals surface area contributed by atoms with Gasteiger partial charge in [-0.15, -0.1) is 0 Å². The number of carbonyl (C=O) groups is 2. The first-order valence-corrected chi connectivity index (χ1v) is 12.5. The second kappa shape index (κ2) is 10.8. The molecular formula is C32H28N2O5. The van der Waals surface area contributed by atoms with Crippen LogP contribution in [0.4, 0.5) is 5.69 Å². The molecule has 4 aromatic rings. The van der Waals surface area contributed by atoms with Crippen LogP contribution < -0.4 is 14.4 Å². The maximum atomic E-state index is 13.4. The summed E-state index contributed by atoms with van der Waals surface area (Å²) in [5.41, 5.74) is 3.92. The van der Waals surface area contributed by atoms with Crippen molar-refractivity contribution in [2.75, 3.05) is 12.0 Å². The number of carbonyl (C=O) groups excluding carboxylic acids is 2. The zero-order valence-electron chi connectivity index (χ0n) is 21.9. The van der Waals surface area contributed by atoms with Crippen molar-refractivity contribution in [2.24, 2.45) is 0 Å². The SMILES string of the molecule is COc1cc(C)c(/C(O)=C2\C(=O)C(=O)N(c3ccc(OCc4ccccc4)cc3)C2c2ccccn2)cc1C. The molecule has 7 heteroatoms. The number of hydrogen-bond donors (Lipinski definition) is 1. The molecule has 7 nitrogen and oxygen atoms in total. The van der Waals surface area contributed by atoms with Crippen LogP contribution >= 0.6 is 0 Å². The molecule has 1 N–H and O–H groups in total. The number of aryl methyl sites for hydroxylation is 2. The Morgan fingerprint density at radius 2 is 1.64 bits per heavy atom. The molecule has 1 aliphatic rings. The number of aliphatic hydroxyl groups is 1. The molecule has 5 rings (SSSR count). The quantitative estimate of drug-likeness (QED) is 0.185. The van der Waals surface area contributed by atoms with Crippen LogP contribution in [-0.4, -0.2) is 28.9 Å². The maximum Gasteiger partial charge on any atom is 0.300 e. The van der Waals surface area contributed by atoms with Gasteiger partial charge < -0.3 is 14.6 Å². The molecule has 196 valence electrons. The van der Waals surface area contributed by atoms with Crippen molar-refractivity contribution in [2.45, 2.75) is 26.5 Å². The number of methoxy groups -OCH3 is 1. The van der Waals surface area contributed by atoms with Gasteiger partial charge in [0, 0.05) is 17.4 Å². The first-order valence-electron chi connectivity index (χ1n) is 12.5. The lowest BCUT2D eigenvalue weighted by Crippen LogP contribution is -2.29. The minimum atomic E-state index is -0.913. The van der Waals surface area contributed by atoms with Gasteiger partial charge in [-0.2, -0.15) is 0 Å². The zero-order valence-corrected chi connectivity index (χ0v) is 21.9. The second-order valence-electron chi connectivity index (χ2n) is 9.33. The lowest BCUT2D eigenvalue weighted by Gasteiger charge is -2.25. The number of ketones is 1. The van der Waals surface area contributed by atoms with Gasteiger partial charge in [0.15, 0.2) is 0 Å². The van der Waals surface area contributed by atoms with E-state index in [9.17, 15) is 14.7 Å². The molecule has 1 aromatic heterocycles. The molecule has 1 amide bonds. The van der Waals surface area contributed by atoms with Crippen molar-refractivity contribution in [3.63, 3.8) is 0 Å². The van der Waals surface area contributed by atoms with Crippen LogP contribution in [-0.2, 0) is 16.2 Å². The molecule has 0 saturated carbocycles. The number of nitrogens with zero attached hydrogens (tertiary/aromatic N) is 2. The Hall–Kier alpha value is -4.91. The highest BCUT2D eigenvalue weighted by Gasteiger charge is 2.47. The number of hydrogen-bond acceptors (Lipinski definition) is 6. The Bertz CT molecular complexity index is 1550. The molecule has 1 fully saturated rings. The van der Waals surface area contributed by atoms with Crippen LogP contribution in [0.1, 0.15) is 34.0 Å². The topological polar surface area (TPSA) is 89.0 Å². The summed E-state index contributed by atoms with van der Waals surface area (Å²) in [7, 11) is 1.58. The van der Waals surface area contributed by atoms with E-state index in [2.05, 4.69) is 4.98 Å². The van der Waals surface area contributed by atoms with E-state index in [0.29, 0.717) is 40.6 Å². The van der Waals surface area contributed by atoms with E-state index in [4.69, 9.17) is 9.47 Å². The third-order valence-electron chi connectivity index (χ3n) is 6.77. The number of ether oxygens (including phenoxy) is 2. The lowest BCUT2D eigenvalue weighted by atomic mass is 9.95. The third-order valence-corrected chi connectivity index (χ3v) is 6.77. The molecule has 3 aromatic carbocycles. The molecular weight excluding hydrogens is 492 g/mol. The summed E-state index contributed by atoms with van der Waals surface area (Å²) in [4.78, 5) is 32.7. The summed E-state index contributed by atoms with van der Waals surface area (Å²) >= 11 is 0. The maximum absolute atomic E-state index is 13.4. The van der Waals surface area contributed by atoms with Crippen LogP contribution in [0, 0.1) is 13.8 Å². The Morgan fingerprint density at radius 1 is 0.923 bits per heavy atom. The van der Waals surface area contributed by atoms with Crippen LogP contribution in [0.2, 0.25) is 0 Å². The highest BCUT2D eigenvalue weighted by Crippen LogP contribution is 2.42. The Balaban J connectivity index is 1.55. The molecule has 1 atom stereocenters. The molecule has 1 unspecified atom stereocenters. The number of benzene rings is 3. The first kappa shape index (κ1) is 25.7. The number of anilines is 1. The summed E-state index contributed by atoms with van der Waals surface area (Å²) in [5, 5.41) is 11.5. The van der Waals surface area contributed by atoms with Crippen molar-refractivity contribution in [1.82, 2.24) is 4.98 Å². The molecule has 39 heavy (non-hydrogen) atoms. The van der Waals surface area contributed by atoms with Gasteiger partial charge >= 0.3 is 0 Å². The van der Waals surface area contributed by atoms with E-state index in [0.717, 1.165) is 11.1 Å². The van der Waals surface area contributed by atoms with E-state index >= 15 is 0 Å².